The Kier molecular flexibility index (Phi) is 5.58. The van der Waals surface area contributed by atoms with Crippen LogP contribution in [0.15, 0.2) is 29.2 Å². The summed E-state index contributed by atoms with van der Waals surface area (Å²) in [7, 11) is -4.51. The normalized spacial score (nSPS) is 12.0. The summed E-state index contributed by atoms with van der Waals surface area (Å²) in [6.45, 7) is -0.0416. The Labute approximate surface area is 126 Å². The van der Waals surface area contributed by atoms with Gasteiger partial charge in [0.05, 0.1) is 23.6 Å². The molecule has 0 fully saturated rings. The molecule has 0 heterocycles. The molecule has 0 aromatic heterocycles. The summed E-state index contributed by atoms with van der Waals surface area (Å²) in [5.41, 5.74) is -2.37. The minimum atomic E-state index is -4.51. The Morgan fingerprint density at radius 2 is 1.86 bits per heavy atom. The molecule has 0 atom stereocenters. The molecule has 0 radical (unpaired) electrons. The maximum Gasteiger partial charge on any atom is 0.289 e. The van der Waals surface area contributed by atoms with Crippen LogP contribution in [-0.2, 0) is 14.8 Å². The topological polar surface area (TPSA) is 147 Å². The van der Waals surface area contributed by atoms with Crippen LogP contribution in [0.4, 0.5) is 5.69 Å². The molecule has 1 rings (SSSR count). The molecule has 0 saturated heterocycles. The number of aliphatic hydroxyl groups excluding tert-OH is 2. The average molecular weight is 332 g/mol. The van der Waals surface area contributed by atoms with Crippen molar-refractivity contribution >= 4 is 21.6 Å². The number of para-hydroxylation sites is 1. The lowest BCUT2D eigenvalue weighted by molar-refractivity contribution is -0.387. The van der Waals surface area contributed by atoms with E-state index in [1.165, 1.54) is 19.1 Å². The van der Waals surface area contributed by atoms with E-state index in [1.807, 2.05) is 0 Å². The van der Waals surface area contributed by atoms with E-state index in [4.69, 9.17) is 0 Å². The quantitative estimate of drug-likeness (QED) is 0.462. The van der Waals surface area contributed by atoms with Crippen molar-refractivity contribution in [2.45, 2.75) is 18.2 Å². The highest BCUT2D eigenvalue weighted by molar-refractivity contribution is 7.90. The number of nitrogens with one attached hydrogen (secondary N) is 1. The fraction of sp³-hybridized carbons (Fsp3) is 0.417. The highest BCUT2D eigenvalue weighted by Gasteiger charge is 2.39. The predicted octanol–water partition coefficient (Wildman–Crippen LogP) is -0.219. The van der Waals surface area contributed by atoms with Gasteiger partial charge in [0.25, 0.3) is 15.7 Å². The monoisotopic (exact) mass is 332 g/mol. The molecule has 10 heteroatoms. The molecule has 0 spiro atoms. The Morgan fingerprint density at radius 1 is 1.32 bits per heavy atom. The Hall–Kier alpha value is -2.04. The van der Waals surface area contributed by atoms with Gasteiger partial charge in [-0.05, 0) is 12.5 Å². The summed E-state index contributed by atoms with van der Waals surface area (Å²) in [5.74, 6) is -1.13. The van der Waals surface area contributed by atoms with Gasteiger partial charge in [-0.15, -0.1) is 0 Å². The molecule has 0 bridgehead atoms. The van der Waals surface area contributed by atoms with Crippen molar-refractivity contribution in [2.75, 3.05) is 13.2 Å². The fourth-order valence-electron chi connectivity index (χ4n) is 1.70. The molecule has 1 amide bonds. The van der Waals surface area contributed by atoms with Gasteiger partial charge < -0.3 is 10.2 Å². The number of hydrogen-bond acceptors (Lipinski definition) is 7. The summed E-state index contributed by atoms with van der Waals surface area (Å²) in [4.78, 5) is 21.4. The zero-order valence-corrected chi connectivity index (χ0v) is 12.5. The standard InChI is InChI=1S/C12H16N2O7S/c1-2-12(7-15,8-16)11(17)13-22(20,21)10-6-4-3-5-9(10)14(18)19/h3-6,15-16H,2,7-8H2,1H3,(H,13,17). The number of hydrogen-bond donors (Lipinski definition) is 3. The number of nitrogens with zero attached hydrogens (tertiary/aromatic N) is 1. The first-order chi connectivity index (χ1) is 10.2. The van der Waals surface area contributed by atoms with Gasteiger partial charge in [0, 0.05) is 6.07 Å². The highest BCUT2D eigenvalue weighted by Crippen LogP contribution is 2.25. The molecule has 3 N–H and O–H groups in total. The molecule has 0 unspecified atom stereocenters. The average Bonchev–Trinajstić information content (AvgIpc) is 2.49. The van der Waals surface area contributed by atoms with E-state index >= 15 is 0 Å². The number of carbonyl (C=O) groups excluding carboxylic acids is 1. The zero-order valence-electron chi connectivity index (χ0n) is 11.7. The van der Waals surface area contributed by atoms with Gasteiger partial charge in [0.15, 0.2) is 4.90 Å². The second-order valence-corrected chi connectivity index (χ2v) is 6.26. The van der Waals surface area contributed by atoms with Gasteiger partial charge in [-0.3, -0.25) is 14.9 Å². The lowest BCUT2D eigenvalue weighted by Crippen LogP contribution is -2.47. The molecule has 1 aromatic rings. The van der Waals surface area contributed by atoms with Crippen LogP contribution in [0, 0.1) is 15.5 Å². The van der Waals surface area contributed by atoms with Gasteiger partial charge in [0.2, 0.25) is 5.91 Å². The van der Waals surface area contributed by atoms with Crippen LogP contribution in [0.25, 0.3) is 0 Å². The summed E-state index contributed by atoms with van der Waals surface area (Å²) >= 11 is 0. The van der Waals surface area contributed by atoms with Crippen molar-refractivity contribution in [3.8, 4) is 0 Å². The highest BCUT2D eigenvalue weighted by atomic mass is 32.2. The number of carbonyl (C=O) groups is 1. The molecule has 1 aromatic carbocycles. The molecular formula is C12H16N2O7S. The SMILES string of the molecule is CCC(CO)(CO)C(=O)NS(=O)(=O)c1ccccc1[N+](=O)[O-]. The number of aliphatic hydroxyl groups is 2. The van der Waals surface area contributed by atoms with Crippen molar-refractivity contribution in [1.29, 1.82) is 0 Å². The smallest absolute Gasteiger partial charge is 0.289 e. The number of rotatable bonds is 7. The van der Waals surface area contributed by atoms with Crippen LogP contribution in [-0.4, -0.2) is 42.7 Å². The lowest BCUT2D eigenvalue weighted by Gasteiger charge is -2.26. The zero-order chi connectivity index (χ0) is 17.0. The molecular weight excluding hydrogens is 316 g/mol. The largest absolute Gasteiger partial charge is 0.395 e. The van der Waals surface area contributed by atoms with Crippen LogP contribution in [0.2, 0.25) is 0 Å². The number of benzene rings is 1. The van der Waals surface area contributed by atoms with E-state index in [2.05, 4.69) is 0 Å². The number of sulfonamides is 1. The number of nitro benzene ring substituents is 1. The van der Waals surface area contributed by atoms with E-state index in [0.717, 1.165) is 12.1 Å². The minimum Gasteiger partial charge on any atom is -0.395 e. The Bertz CT molecular complexity index is 660. The molecule has 0 saturated carbocycles. The van der Waals surface area contributed by atoms with Crippen molar-refractivity contribution in [1.82, 2.24) is 4.72 Å². The van der Waals surface area contributed by atoms with Crippen molar-refractivity contribution in [2.24, 2.45) is 5.41 Å². The molecule has 0 aliphatic heterocycles. The van der Waals surface area contributed by atoms with E-state index < -0.39 is 50.1 Å². The van der Waals surface area contributed by atoms with Crippen molar-refractivity contribution < 1.29 is 28.3 Å². The van der Waals surface area contributed by atoms with Crippen LogP contribution >= 0.6 is 0 Å². The van der Waals surface area contributed by atoms with Crippen molar-refractivity contribution in [3.05, 3.63) is 34.4 Å². The summed E-state index contributed by atoms with van der Waals surface area (Å²) in [5, 5.41) is 29.3. The van der Waals surface area contributed by atoms with Gasteiger partial charge in [-0.25, -0.2) is 13.1 Å². The molecule has 0 aliphatic rings. The first-order valence-electron chi connectivity index (χ1n) is 6.26. The first kappa shape index (κ1) is 18.0. The van der Waals surface area contributed by atoms with E-state index in [0.29, 0.717) is 0 Å². The molecule has 122 valence electrons. The van der Waals surface area contributed by atoms with E-state index in [9.17, 15) is 33.5 Å². The Balaban J connectivity index is 3.23. The van der Waals surface area contributed by atoms with E-state index in [1.54, 1.807) is 4.72 Å². The minimum absolute atomic E-state index is 0.0156. The molecule has 0 aliphatic carbocycles. The van der Waals surface area contributed by atoms with Gasteiger partial charge in [-0.1, -0.05) is 19.1 Å². The third-order valence-corrected chi connectivity index (χ3v) is 4.72. The summed E-state index contributed by atoms with van der Waals surface area (Å²) < 4.78 is 26.0. The van der Waals surface area contributed by atoms with Crippen LogP contribution in [0.5, 0.6) is 0 Å². The molecule has 9 nitrogen and oxygen atoms in total. The third kappa shape index (κ3) is 3.40. The summed E-state index contributed by atoms with van der Waals surface area (Å²) in [6, 6.07) is 4.54. The van der Waals surface area contributed by atoms with Crippen molar-refractivity contribution in [3.63, 3.8) is 0 Å². The van der Waals surface area contributed by atoms with Gasteiger partial charge in [0.1, 0.15) is 0 Å². The third-order valence-electron chi connectivity index (χ3n) is 3.34. The Morgan fingerprint density at radius 3 is 2.32 bits per heavy atom. The fourth-order valence-corrected chi connectivity index (χ4v) is 2.94. The van der Waals surface area contributed by atoms with E-state index in [-0.39, 0.29) is 6.42 Å². The van der Waals surface area contributed by atoms with Crippen LogP contribution in [0.1, 0.15) is 13.3 Å². The molecule has 22 heavy (non-hydrogen) atoms. The van der Waals surface area contributed by atoms with Gasteiger partial charge in [-0.2, -0.15) is 0 Å². The maximum atomic E-state index is 12.2. The van der Waals surface area contributed by atoms with Gasteiger partial charge >= 0.3 is 0 Å². The maximum absolute atomic E-state index is 12.2. The predicted molar refractivity (Wildman–Crippen MR) is 75.3 cm³/mol. The van der Waals surface area contributed by atoms with Crippen LogP contribution in [0.3, 0.4) is 0 Å². The summed E-state index contributed by atoms with van der Waals surface area (Å²) in [6.07, 6.45) is -0.0156. The second-order valence-electron chi connectivity index (χ2n) is 4.61. The van der Waals surface area contributed by atoms with Crippen LogP contribution < -0.4 is 4.72 Å². The first-order valence-corrected chi connectivity index (χ1v) is 7.75. The second kappa shape index (κ2) is 6.81. The number of amides is 1. The number of nitro groups is 1. The lowest BCUT2D eigenvalue weighted by atomic mass is 9.86.